The number of likely N-dealkylation sites (tertiary alicyclic amines) is 1. The van der Waals surface area contributed by atoms with Crippen LogP contribution in [0, 0.1) is 0 Å². The summed E-state index contributed by atoms with van der Waals surface area (Å²) >= 11 is 0. The van der Waals surface area contributed by atoms with Crippen LogP contribution in [-0.2, 0) is 4.79 Å². The van der Waals surface area contributed by atoms with Crippen molar-refractivity contribution in [2.24, 2.45) is 0 Å². The number of likely N-dealkylation sites (N-methyl/N-ethyl adjacent to an activating group) is 1. The number of piperazine rings is 1. The molecule has 138 valence electrons. The summed E-state index contributed by atoms with van der Waals surface area (Å²) in [7, 11) is 0. The lowest BCUT2D eigenvalue weighted by Gasteiger charge is -2.38. The Morgan fingerprint density at radius 3 is 2.25 bits per heavy atom. The molecule has 2 aliphatic heterocycles. The molecule has 5 heteroatoms. The Morgan fingerprint density at radius 2 is 1.62 bits per heavy atom. The van der Waals surface area contributed by atoms with Crippen LogP contribution in [0.2, 0.25) is 0 Å². The van der Waals surface area contributed by atoms with Gasteiger partial charge in [0.2, 0.25) is 5.91 Å². The van der Waals surface area contributed by atoms with Crippen LogP contribution in [-0.4, -0.2) is 96.5 Å². The van der Waals surface area contributed by atoms with Gasteiger partial charge in [-0.3, -0.25) is 19.5 Å². The maximum Gasteiger partial charge on any atom is 0.236 e. The molecule has 5 nitrogen and oxygen atoms in total. The van der Waals surface area contributed by atoms with E-state index in [-0.39, 0.29) is 0 Å². The van der Waals surface area contributed by atoms with Gasteiger partial charge < -0.3 is 4.90 Å². The van der Waals surface area contributed by atoms with E-state index in [1.54, 1.807) is 0 Å². The first-order chi connectivity index (χ1) is 11.7. The molecule has 3 fully saturated rings. The van der Waals surface area contributed by atoms with Crippen LogP contribution in [0.15, 0.2) is 0 Å². The van der Waals surface area contributed by atoms with Crippen molar-refractivity contribution >= 4 is 5.91 Å². The van der Waals surface area contributed by atoms with E-state index in [1.807, 2.05) is 0 Å². The van der Waals surface area contributed by atoms with Gasteiger partial charge in [0.25, 0.3) is 0 Å². The maximum absolute atomic E-state index is 12.6. The Labute approximate surface area is 147 Å². The second-order valence-corrected chi connectivity index (χ2v) is 7.75. The monoisotopic (exact) mass is 336 g/mol. The lowest BCUT2D eigenvalue weighted by Crippen LogP contribution is -2.53. The molecule has 0 N–H and O–H groups in total. The van der Waals surface area contributed by atoms with Crippen molar-refractivity contribution in [1.82, 2.24) is 19.6 Å². The summed E-state index contributed by atoms with van der Waals surface area (Å²) in [5.74, 6) is 0.348. The van der Waals surface area contributed by atoms with Gasteiger partial charge in [0.1, 0.15) is 0 Å². The number of amides is 1. The number of carbonyl (C=O) groups excluding carboxylic acids is 1. The third-order valence-corrected chi connectivity index (χ3v) is 6.44. The second-order valence-electron chi connectivity index (χ2n) is 7.75. The highest BCUT2D eigenvalue weighted by atomic mass is 16.2. The van der Waals surface area contributed by atoms with E-state index in [0.29, 0.717) is 18.5 Å². The van der Waals surface area contributed by atoms with Gasteiger partial charge in [0.15, 0.2) is 0 Å². The predicted molar refractivity (Wildman–Crippen MR) is 98.2 cm³/mol. The molecule has 1 aliphatic carbocycles. The molecule has 1 unspecified atom stereocenters. The third-order valence-electron chi connectivity index (χ3n) is 6.44. The van der Waals surface area contributed by atoms with E-state index < -0.39 is 0 Å². The summed E-state index contributed by atoms with van der Waals surface area (Å²) in [6, 6.07) is 1.45. The van der Waals surface area contributed by atoms with Crippen LogP contribution >= 0.6 is 0 Å². The first-order valence-electron chi connectivity index (χ1n) is 10.2. The molecule has 0 spiro atoms. The molecule has 24 heavy (non-hydrogen) atoms. The smallest absolute Gasteiger partial charge is 0.236 e. The fraction of sp³-hybridized carbons (Fsp3) is 0.947. The van der Waals surface area contributed by atoms with Gasteiger partial charge in [-0.15, -0.1) is 0 Å². The SMILES string of the molecule is CCN(CC)C1CCN(CC(=O)N2CCN(C3CCCC3)CC2)C1. The standard InChI is InChI=1S/C19H36N4O/c1-3-21(4-2)18-9-10-20(15-18)16-19(24)23-13-11-22(12-14-23)17-7-5-6-8-17/h17-18H,3-16H2,1-2H3. The number of carbonyl (C=O) groups is 1. The van der Waals surface area contributed by atoms with Gasteiger partial charge in [0.05, 0.1) is 6.54 Å². The van der Waals surface area contributed by atoms with Gasteiger partial charge in [-0.25, -0.2) is 0 Å². The molecule has 3 rings (SSSR count). The highest BCUT2D eigenvalue weighted by Gasteiger charge is 2.31. The third kappa shape index (κ3) is 4.30. The number of rotatable bonds is 6. The lowest BCUT2D eigenvalue weighted by molar-refractivity contribution is -0.134. The molecular weight excluding hydrogens is 300 g/mol. The van der Waals surface area contributed by atoms with Crippen LogP contribution in [0.1, 0.15) is 46.0 Å². The molecule has 0 aromatic carbocycles. The molecule has 1 amide bonds. The number of nitrogens with zero attached hydrogens (tertiary/aromatic N) is 4. The fourth-order valence-electron chi connectivity index (χ4n) is 4.89. The van der Waals surface area contributed by atoms with Gasteiger partial charge in [-0.1, -0.05) is 26.7 Å². The molecule has 0 aromatic rings. The Kier molecular flexibility index (Phi) is 6.53. The Bertz CT molecular complexity index is 398. The first-order valence-corrected chi connectivity index (χ1v) is 10.2. The summed E-state index contributed by atoms with van der Waals surface area (Å²) < 4.78 is 0. The van der Waals surface area contributed by atoms with E-state index in [9.17, 15) is 4.79 Å². The van der Waals surface area contributed by atoms with Gasteiger partial charge in [-0.05, 0) is 32.4 Å². The minimum absolute atomic E-state index is 0.348. The summed E-state index contributed by atoms with van der Waals surface area (Å²) in [5.41, 5.74) is 0. The second kappa shape index (κ2) is 8.63. The van der Waals surface area contributed by atoms with Crippen LogP contribution in [0.25, 0.3) is 0 Å². The molecule has 0 radical (unpaired) electrons. The zero-order valence-electron chi connectivity index (χ0n) is 15.8. The Hall–Kier alpha value is -0.650. The van der Waals surface area contributed by atoms with E-state index in [4.69, 9.17) is 0 Å². The first kappa shape index (κ1) is 18.2. The molecule has 1 atom stereocenters. The molecule has 0 aromatic heterocycles. The molecule has 1 saturated carbocycles. The van der Waals surface area contributed by atoms with Crippen molar-refractivity contribution in [3.8, 4) is 0 Å². The number of hydrogen-bond donors (Lipinski definition) is 0. The van der Waals surface area contributed by atoms with Crippen molar-refractivity contribution < 1.29 is 4.79 Å². The van der Waals surface area contributed by atoms with E-state index in [0.717, 1.165) is 58.4 Å². The van der Waals surface area contributed by atoms with Gasteiger partial charge >= 0.3 is 0 Å². The Morgan fingerprint density at radius 1 is 0.958 bits per heavy atom. The predicted octanol–water partition coefficient (Wildman–Crippen LogP) is 1.49. The minimum Gasteiger partial charge on any atom is -0.339 e. The summed E-state index contributed by atoms with van der Waals surface area (Å²) in [5, 5.41) is 0. The van der Waals surface area contributed by atoms with Crippen molar-refractivity contribution in [2.45, 2.75) is 58.0 Å². The van der Waals surface area contributed by atoms with Crippen molar-refractivity contribution in [1.29, 1.82) is 0 Å². The largest absolute Gasteiger partial charge is 0.339 e. The average Bonchev–Trinajstić information content (AvgIpc) is 3.28. The van der Waals surface area contributed by atoms with E-state index in [2.05, 4.69) is 33.4 Å². The summed E-state index contributed by atoms with van der Waals surface area (Å²) in [6.07, 6.45) is 6.74. The summed E-state index contributed by atoms with van der Waals surface area (Å²) in [6.45, 7) is 13.5. The Balaban J connectivity index is 1.40. The van der Waals surface area contributed by atoms with Crippen LogP contribution in [0.3, 0.4) is 0 Å². The zero-order chi connectivity index (χ0) is 16.9. The normalized spacial score (nSPS) is 27.5. The minimum atomic E-state index is 0.348. The molecule has 0 bridgehead atoms. The average molecular weight is 337 g/mol. The summed E-state index contributed by atoms with van der Waals surface area (Å²) in [4.78, 5) is 22.3. The zero-order valence-corrected chi connectivity index (χ0v) is 15.8. The van der Waals surface area contributed by atoms with Gasteiger partial charge in [-0.2, -0.15) is 0 Å². The van der Waals surface area contributed by atoms with E-state index in [1.165, 1.54) is 32.1 Å². The lowest BCUT2D eigenvalue weighted by atomic mass is 10.2. The van der Waals surface area contributed by atoms with Crippen LogP contribution in [0.5, 0.6) is 0 Å². The molecular formula is C19H36N4O. The van der Waals surface area contributed by atoms with Crippen molar-refractivity contribution in [3.63, 3.8) is 0 Å². The van der Waals surface area contributed by atoms with Crippen LogP contribution in [0.4, 0.5) is 0 Å². The fourth-order valence-corrected chi connectivity index (χ4v) is 4.89. The maximum atomic E-state index is 12.6. The van der Waals surface area contributed by atoms with Gasteiger partial charge in [0, 0.05) is 51.4 Å². The topological polar surface area (TPSA) is 30.0 Å². The molecule has 3 aliphatic rings. The highest BCUT2D eigenvalue weighted by Crippen LogP contribution is 2.24. The quantitative estimate of drug-likeness (QED) is 0.735. The van der Waals surface area contributed by atoms with Crippen molar-refractivity contribution in [3.05, 3.63) is 0 Å². The van der Waals surface area contributed by atoms with E-state index >= 15 is 0 Å². The highest BCUT2D eigenvalue weighted by molar-refractivity contribution is 5.78. The number of hydrogen-bond acceptors (Lipinski definition) is 4. The molecule has 2 saturated heterocycles. The molecule has 2 heterocycles. The van der Waals surface area contributed by atoms with Crippen molar-refractivity contribution in [2.75, 3.05) is 58.9 Å². The van der Waals surface area contributed by atoms with Crippen LogP contribution < -0.4 is 0 Å².